The van der Waals surface area contributed by atoms with E-state index in [1.807, 2.05) is 6.92 Å². The number of rotatable bonds is 6. The zero-order chi connectivity index (χ0) is 16.3. The Morgan fingerprint density at radius 2 is 2.05 bits per heavy atom. The summed E-state index contributed by atoms with van der Waals surface area (Å²) >= 11 is 0. The van der Waals surface area contributed by atoms with Crippen molar-refractivity contribution in [1.29, 1.82) is 0 Å². The van der Waals surface area contributed by atoms with E-state index < -0.39 is 0 Å². The van der Waals surface area contributed by atoms with E-state index in [2.05, 4.69) is 44.0 Å². The van der Waals surface area contributed by atoms with Crippen LogP contribution in [0, 0.1) is 5.82 Å². The summed E-state index contributed by atoms with van der Waals surface area (Å²) < 4.78 is 14.5. The summed E-state index contributed by atoms with van der Waals surface area (Å²) in [6, 6.07) is 3.86. The molecule has 1 aliphatic heterocycles. The summed E-state index contributed by atoms with van der Waals surface area (Å²) in [5, 5.41) is 3.24. The summed E-state index contributed by atoms with van der Waals surface area (Å²) in [6.07, 6.45) is 3.44. The molecule has 22 heavy (non-hydrogen) atoms. The summed E-state index contributed by atoms with van der Waals surface area (Å²) in [6.45, 7) is 13.6. The fourth-order valence-electron chi connectivity index (χ4n) is 3.69. The van der Waals surface area contributed by atoms with Crippen LogP contribution in [0.4, 0.5) is 10.1 Å². The van der Waals surface area contributed by atoms with Gasteiger partial charge in [-0.1, -0.05) is 27.2 Å². The van der Waals surface area contributed by atoms with Crippen molar-refractivity contribution >= 4 is 5.69 Å². The molecular formula is C19H31FN2. The number of hydrogen-bond acceptors (Lipinski definition) is 2. The lowest BCUT2D eigenvalue weighted by molar-refractivity contribution is 0.372. The summed E-state index contributed by atoms with van der Waals surface area (Å²) in [4.78, 5) is 2.42. The van der Waals surface area contributed by atoms with Gasteiger partial charge < -0.3 is 10.2 Å². The van der Waals surface area contributed by atoms with Gasteiger partial charge in [-0.15, -0.1) is 0 Å². The number of nitrogens with zero attached hydrogens (tertiary/aromatic N) is 1. The average Bonchev–Trinajstić information content (AvgIpc) is 2.44. The highest BCUT2D eigenvalue weighted by Crippen LogP contribution is 2.44. The number of benzene rings is 1. The molecule has 0 unspecified atom stereocenters. The maximum Gasteiger partial charge on any atom is 0.129 e. The quantitative estimate of drug-likeness (QED) is 0.810. The van der Waals surface area contributed by atoms with Crippen LogP contribution in [-0.4, -0.2) is 18.6 Å². The molecule has 1 aromatic rings. The Hall–Kier alpha value is -1.09. The lowest BCUT2D eigenvalue weighted by Crippen LogP contribution is -2.48. The van der Waals surface area contributed by atoms with Crippen LogP contribution in [-0.2, 0) is 6.54 Å². The van der Waals surface area contributed by atoms with Crippen molar-refractivity contribution in [2.75, 3.05) is 18.0 Å². The molecule has 2 nitrogen and oxygen atoms in total. The molecule has 0 spiro atoms. The highest BCUT2D eigenvalue weighted by atomic mass is 19.1. The number of fused-ring (bicyclic) bond motifs is 1. The smallest absolute Gasteiger partial charge is 0.129 e. The third-order valence-corrected chi connectivity index (χ3v) is 4.85. The minimum Gasteiger partial charge on any atom is -0.366 e. The summed E-state index contributed by atoms with van der Waals surface area (Å²) in [5.41, 5.74) is 3.30. The molecule has 0 aromatic heterocycles. The molecule has 1 atom stereocenters. The van der Waals surface area contributed by atoms with Gasteiger partial charge in [-0.05, 0) is 56.8 Å². The molecule has 124 valence electrons. The van der Waals surface area contributed by atoms with Crippen molar-refractivity contribution in [3.05, 3.63) is 29.1 Å². The van der Waals surface area contributed by atoms with Crippen LogP contribution < -0.4 is 10.2 Å². The summed E-state index contributed by atoms with van der Waals surface area (Å²) in [5.74, 6) is 0.398. The van der Waals surface area contributed by atoms with Gasteiger partial charge in [0, 0.05) is 29.9 Å². The molecule has 1 aliphatic rings. The van der Waals surface area contributed by atoms with Gasteiger partial charge >= 0.3 is 0 Å². The Balaban J connectivity index is 2.41. The average molecular weight is 306 g/mol. The Morgan fingerprint density at radius 1 is 1.32 bits per heavy atom. The van der Waals surface area contributed by atoms with Crippen LogP contribution in [0.5, 0.6) is 0 Å². The first-order chi connectivity index (χ1) is 10.4. The Kier molecular flexibility index (Phi) is 5.49. The minimum absolute atomic E-state index is 0.0777. The molecule has 1 aromatic carbocycles. The van der Waals surface area contributed by atoms with Gasteiger partial charge in [0.25, 0.3) is 0 Å². The van der Waals surface area contributed by atoms with E-state index in [1.165, 1.54) is 12.0 Å². The van der Waals surface area contributed by atoms with Crippen molar-refractivity contribution in [2.45, 2.75) is 71.9 Å². The van der Waals surface area contributed by atoms with E-state index in [9.17, 15) is 4.39 Å². The van der Waals surface area contributed by atoms with Crippen LogP contribution in [0.1, 0.15) is 70.9 Å². The molecule has 0 saturated heterocycles. The van der Waals surface area contributed by atoms with Crippen molar-refractivity contribution in [1.82, 2.24) is 5.32 Å². The van der Waals surface area contributed by atoms with Crippen LogP contribution in [0.3, 0.4) is 0 Å². The van der Waals surface area contributed by atoms with Gasteiger partial charge in [0.2, 0.25) is 0 Å². The molecule has 0 fully saturated rings. The molecule has 0 bridgehead atoms. The second-order valence-electron chi connectivity index (χ2n) is 7.21. The van der Waals surface area contributed by atoms with Gasteiger partial charge in [-0.3, -0.25) is 0 Å². The standard InChI is InChI=1S/C19H31FN2/c1-6-8-9-22-18-11-17(20)15(13-21-7-2)10-16(18)14(3)12-19(22,4)5/h10-11,14,21H,6-9,12-13H2,1-5H3/t14-/m1/s1. The fourth-order valence-corrected chi connectivity index (χ4v) is 3.69. The van der Waals surface area contributed by atoms with Gasteiger partial charge in [-0.25, -0.2) is 4.39 Å². The maximum atomic E-state index is 14.5. The van der Waals surface area contributed by atoms with E-state index in [4.69, 9.17) is 0 Å². The van der Waals surface area contributed by atoms with Crippen LogP contribution >= 0.6 is 0 Å². The predicted octanol–water partition coefficient (Wildman–Crippen LogP) is 4.83. The van der Waals surface area contributed by atoms with Crippen LogP contribution in [0.25, 0.3) is 0 Å². The first-order valence-corrected chi connectivity index (χ1v) is 8.71. The van der Waals surface area contributed by atoms with E-state index in [1.54, 1.807) is 6.07 Å². The number of unbranched alkanes of at least 4 members (excludes halogenated alkanes) is 1. The summed E-state index contributed by atoms with van der Waals surface area (Å²) in [7, 11) is 0. The number of nitrogens with one attached hydrogen (secondary N) is 1. The van der Waals surface area contributed by atoms with Gasteiger partial charge in [0.15, 0.2) is 0 Å². The fraction of sp³-hybridized carbons (Fsp3) is 0.684. The van der Waals surface area contributed by atoms with E-state index in [-0.39, 0.29) is 11.4 Å². The second-order valence-corrected chi connectivity index (χ2v) is 7.21. The lowest BCUT2D eigenvalue weighted by Gasteiger charge is -2.48. The van der Waals surface area contributed by atoms with E-state index >= 15 is 0 Å². The van der Waals surface area contributed by atoms with E-state index in [0.29, 0.717) is 12.5 Å². The zero-order valence-electron chi connectivity index (χ0n) is 14.8. The first kappa shape index (κ1) is 17.3. The molecule has 1 N–H and O–H groups in total. The van der Waals surface area contributed by atoms with Gasteiger partial charge in [0.1, 0.15) is 5.82 Å². The van der Waals surface area contributed by atoms with Gasteiger partial charge in [-0.2, -0.15) is 0 Å². The molecule has 3 heteroatoms. The molecule has 0 aliphatic carbocycles. The molecule has 2 rings (SSSR count). The van der Waals surface area contributed by atoms with Crippen molar-refractivity contribution in [2.24, 2.45) is 0 Å². The largest absolute Gasteiger partial charge is 0.366 e. The predicted molar refractivity (Wildman–Crippen MR) is 93.1 cm³/mol. The maximum absolute atomic E-state index is 14.5. The molecular weight excluding hydrogens is 275 g/mol. The molecule has 0 radical (unpaired) electrons. The minimum atomic E-state index is -0.0777. The number of halogens is 1. The third-order valence-electron chi connectivity index (χ3n) is 4.85. The highest BCUT2D eigenvalue weighted by Gasteiger charge is 2.36. The van der Waals surface area contributed by atoms with Gasteiger partial charge in [0.05, 0.1) is 0 Å². The number of anilines is 1. The molecule has 1 heterocycles. The number of hydrogen-bond donors (Lipinski definition) is 1. The molecule has 0 saturated carbocycles. The van der Waals surface area contributed by atoms with E-state index in [0.717, 1.165) is 37.2 Å². The Bertz CT molecular complexity index is 510. The van der Waals surface area contributed by atoms with Crippen molar-refractivity contribution in [3.8, 4) is 0 Å². The SMILES string of the molecule is CCCCN1c2cc(F)c(CNCC)cc2[C@H](C)CC1(C)C. The van der Waals surface area contributed by atoms with Crippen LogP contribution in [0.2, 0.25) is 0 Å². The zero-order valence-corrected chi connectivity index (χ0v) is 14.8. The Labute approximate surface area is 135 Å². The Morgan fingerprint density at radius 3 is 2.68 bits per heavy atom. The van der Waals surface area contributed by atoms with Crippen LogP contribution in [0.15, 0.2) is 12.1 Å². The normalized spacial score (nSPS) is 20.1. The second kappa shape index (κ2) is 6.99. The molecule has 0 amide bonds. The lowest BCUT2D eigenvalue weighted by atomic mass is 9.79. The van der Waals surface area contributed by atoms with Crippen molar-refractivity contribution < 1.29 is 4.39 Å². The van der Waals surface area contributed by atoms with Crippen molar-refractivity contribution in [3.63, 3.8) is 0 Å². The first-order valence-electron chi connectivity index (χ1n) is 8.71. The third kappa shape index (κ3) is 3.45. The monoisotopic (exact) mass is 306 g/mol. The highest BCUT2D eigenvalue weighted by molar-refractivity contribution is 5.61. The topological polar surface area (TPSA) is 15.3 Å².